The van der Waals surface area contributed by atoms with Crippen LogP contribution in [0.5, 0.6) is 5.75 Å². The van der Waals surface area contributed by atoms with Crippen molar-refractivity contribution >= 4 is 27.9 Å². The molecule has 2 aromatic carbocycles. The van der Waals surface area contributed by atoms with Gasteiger partial charge in [-0.15, -0.1) is 6.58 Å². The molecule has 1 unspecified atom stereocenters. The Bertz CT molecular complexity index is 1160. The summed E-state index contributed by atoms with van der Waals surface area (Å²) in [5.41, 5.74) is 1.88. The highest BCUT2D eigenvalue weighted by molar-refractivity contribution is 7.93. The van der Waals surface area contributed by atoms with E-state index in [0.717, 1.165) is 6.20 Å². The molecule has 0 fully saturated rings. The molecule has 1 N–H and O–H groups in total. The predicted octanol–water partition coefficient (Wildman–Crippen LogP) is 5.07. The molecule has 0 aliphatic rings. The van der Waals surface area contributed by atoms with Crippen molar-refractivity contribution in [3.63, 3.8) is 0 Å². The molecule has 0 aliphatic carbocycles. The van der Waals surface area contributed by atoms with Gasteiger partial charge in [-0.1, -0.05) is 48.6 Å². The van der Waals surface area contributed by atoms with Crippen LogP contribution in [0.3, 0.4) is 0 Å². The van der Waals surface area contributed by atoms with Crippen LogP contribution < -0.4 is 9.46 Å². The van der Waals surface area contributed by atoms with Gasteiger partial charge in [0.15, 0.2) is 0 Å². The second-order valence-corrected chi connectivity index (χ2v) is 8.20. The topological polar surface area (TPSA) is 68.3 Å². The SMILES string of the molecule is C=CC(c1ccc(OC)cc1)S(=O)(=O)Nc1ccccc1C=Cc1ccncc1F. The Labute approximate surface area is 175 Å². The first-order chi connectivity index (χ1) is 14.4. The maximum Gasteiger partial charge on any atom is 0.243 e. The van der Waals surface area contributed by atoms with E-state index >= 15 is 0 Å². The highest BCUT2D eigenvalue weighted by Gasteiger charge is 2.25. The van der Waals surface area contributed by atoms with E-state index in [-0.39, 0.29) is 0 Å². The zero-order valence-corrected chi connectivity index (χ0v) is 17.1. The molecule has 154 valence electrons. The molecule has 0 saturated heterocycles. The van der Waals surface area contributed by atoms with Gasteiger partial charge in [-0.05, 0) is 35.4 Å². The fraction of sp³-hybridized carbons (Fsp3) is 0.0870. The van der Waals surface area contributed by atoms with Crippen LogP contribution in [0.1, 0.15) is 21.9 Å². The van der Waals surface area contributed by atoms with Crippen molar-refractivity contribution in [3.05, 3.63) is 102 Å². The molecule has 1 atom stereocenters. The number of aromatic nitrogens is 1. The van der Waals surface area contributed by atoms with Crippen LogP contribution in [-0.2, 0) is 10.0 Å². The molecule has 1 aromatic heterocycles. The number of methoxy groups -OCH3 is 1. The lowest BCUT2D eigenvalue weighted by atomic mass is 10.1. The van der Waals surface area contributed by atoms with Gasteiger partial charge in [-0.3, -0.25) is 9.71 Å². The molecule has 0 spiro atoms. The van der Waals surface area contributed by atoms with E-state index in [1.807, 2.05) is 0 Å². The summed E-state index contributed by atoms with van der Waals surface area (Å²) >= 11 is 0. The summed E-state index contributed by atoms with van der Waals surface area (Å²) in [6, 6.07) is 15.2. The maximum atomic E-state index is 13.8. The molecule has 7 heteroatoms. The van der Waals surface area contributed by atoms with Crippen LogP contribution in [0, 0.1) is 5.82 Å². The lowest BCUT2D eigenvalue weighted by molar-refractivity contribution is 0.414. The third-order valence-corrected chi connectivity index (χ3v) is 6.09. The minimum atomic E-state index is -3.84. The second-order valence-electron chi connectivity index (χ2n) is 6.39. The fourth-order valence-electron chi connectivity index (χ4n) is 2.89. The molecule has 5 nitrogen and oxygen atoms in total. The van der Waals surface area contributed by atoms with Gasteiger partial charge in [0.05, 0.1) is 19.0 Å². The van der Waals surface area contributed by atoms with Crippen molar-refractivity contribution in [2.24, 2.45) is 0 Å². The summed E-state index contributed by atoms with van der Waals surface area (Å²) in [5.74, 6) is 0.170. The smallest absolute Gasteiger partial charge is 0.243 e. The lowest BCUT2D eigenvalue weighted by Gasteiger charge is -2.17. The highest BCUT2D eigenvalue weighted by atomic mass is 32.2. The standard InChI is InChI=1S/C23H21FN2O3S/c1-3-23(19-10-12-20(29-2)13-11-19)30(27,28)26-22-7-5-4-6-18(22)9-8-17-14-15-25-16-21(17)24/h3-16,23,26H,1H2,2H3. The number of halogens is 1. The van der Waals surface area contributed by atoms with Crippen molar-refractivity contribution in [2.45, 2.75) is 5.25 Å². The molecular formula is C23H21FN2O3S. The Morgan fingerprint density at radius 3 is 2.43 bits per heavy atom. The van der Waals surface area contributed by atoms with Gasteiger partial charge in [-0.25, -0.2) is 12.8 Å². The average molecular weight is 424 g/mol. The number of para-hydroxylation sites is 1. The van der Waals surface area contributed by atoms with E-state index in [1.165, 1.54) is 18.3 Å². The Hall–Kier alpha value is -3.45. The quantitative estimate of drug-likeness (QED) is 0.513. The summed E-state index contributed by atoms with van der Waals surface area (Å²) in [5, 5.41) is -0.960. The molecule has 0 saturated carbocycles. The third kappa shape index (κ3) is 4.93. The van der Waals surface area contributed by atoms with Crippen LogP contribution in [-0.4, -0.2) is 20.5 Å². The molecule has 0 aliphatic heterocycles. The van der Waals surface area contributed by atoms with Gasteiger partial charge in [0.2, 0.25) is 10.0 Å². The van der Waals surface area contributed by atoms with E-state index in [1.54, 1.807) is 67.8 Å². The van der Waals surface area contributed by atoms with Gasteiger partial charge in [0.1, 0.15) is 16.8 Å². The molecule has 0 bridgehead atoms. The fourth-order valence-corrected chi connectivity index (χ4v) is 4.28. The highest BCUT2D eigenvalue weighted by Crippen LogP contribution is 2.29. The van der Waals surface area contributed by atoms with Crippen molar-refractivity contribution in [2.75, 3.05) is 11.8 Å². The van der Waals surface area contributed by atoms with Crippen molar-refractivity contribution < 1.29 is 17.5 Å². The molecule has 0 radical (unpaired) electrons. The number of anilines is 1. The summed E-state index contributed by atoms with van der Waals surface area (Å²) in [4.78, 5) is 3.72. The van der Waals surface area contributed by atoms with Crippen molar-refractivity contribution in [1.82, 2.24) is 4.98 Å². The lowest BCUT2D eigenvalue weighted by Crippen LogP contribution is -2.20. The molecule has 3 aromatic rings. The Morgan fingerprint density at radius 2 is 1.77 bits per heavy atom. The molecule has 3 rings (SSSR count). The second kappa shape index (κ2) is 9.37. The van der Waals surface area contributed by atoms with Gasteiger partial charge in [0, 0.05) is 11.8 Å². The molecule has 0 amide bonds. The number of pyridine rings is 1. The average Bonchev–Trinajstić information content (AvgIpc) is 2.74. The van der Waals surface area contributed by atoms with E-state index < -0.39 is 21.1 Å². The van der Waals surface area contributed by atoms with Gasteiger partial charge < -0.3 is 4.74 Å². The Kier molecular flexibility index (Phi) is 6.64. The summed E-state index contributed by atoms with van der Waals surface area (Å²) in [6.45, 7) is 3.68. The third-order valence-electron chi connectivity index (χ3n) is 4.45. The Morgan fingerprint density at radius 1 is 1.07 bits per heavy atom. The van der Waals surface area contributed by atoms with E-state index in [2.05, 4.69) is 16.3 Å². The number of hydrogen-bond acceptors (Lipinski definition) is 4. The van der Waals surface area contributed by atoms with Crippen LogP contribution in [0.4, 0.5) is 10.1 Å². The molecule has 30 heavy (non-hydrogen) atoms. The number of benzene rings is 2. The van der Waals surface area contributed by atoms with Crippen LogP contribution >= 0.6 is 0 Å². The molecule has 1 heterocycles. The summed E-state index contributed by atoms with van der Waals surface area (Å²) < 4.78 is 47.7. The van der Waals surface area contributed by atoms with Gasteiger partial charge >= 0.3 is 0 Å². The van der Waals surface area contributed by atoms with E-state index in [9.17, 15) is 12.8 Å². The monoisotopic (exact) mass is 424 g/mol. The van der Waals surface area contributed by atoms with Crippen LogP contribution in [0.25, 0.3) is 12.2 Å². The van der Waals surface area contributed by atoms with Gasteiger partial charge in [0.25, 0.3) is 0 Å². The Balaban J connectivity index is 1.89. The number of hydrogen-bond donors (Lipinski definition) is 1. The number of nitrogens with zero attached hydrogens (tertiary/aromatic N) is 1. The number of rotatable bonds is 8. The van der Waals surface area contributed by atoms with Crippen LogP contribution in [0.15, 0.2) is 79.6 Å². The van der Waals surface area contributed by atoms with Crippen molar-refractivity contribution in [3.8, 4) is 5.75 Å². The van der Waals surface area contributed by atoms with E-state index in [4.69, 9.17) is 4.74 Å². The van der Waals surface area contributed by atoms with Crippen molar-refractivity contribution in [1.29, 1.82) is 0 Å². The largest absolute Gasteiger partial charge is 0.497 e. The summed E-state index contributed by atoms with van der Waals surface area (Å²) in [6.07, 6.45) is 7.19. The first-order valence-corrected chi connectivity index (χ1v) is 10.6. The normalized spacial score (nSPS) is 12.5. The minimum absolute atomic E-state index is 0.352. The van der Waals surface area contributed by atoms with Gasteiger partial charge in [-0.2, -0.15) is 0 Å². The van der Waals surface area contributed by atoms with Crippen LogP contribution in [0.2, 0.25) is 0 Å². The predicted molar refractivity (Wildman–Crippen MR) is 118 cm³/mol. The minimum Gasteiger partial charge on any atom is -0.497 e. The summed E-state index contributed by atoms with van der Waals surface area (Å²) in [7, 11) is -2.30. The van der Waals surface area contributed by atoms with E-state index in [0.29, 0.717) is 28.1 Å². The zero-order valence-electron chi connectivity index (χ0n) is 16.3. The first-order valence-electron chi connectivity index (χ1n) is 9.09. The zero-order chi connectivity index (χ0) is 21.6. The maximum absolute atomic E-state index is 13.8. The molecular weight excluding hydrogens is 403 g/mol. The first kappa shape index (κ1) is 21.3. The number of sulfonamides is 1. The number of nitrogens with one attached hydrogen (secondary N) is 1. The number of ether oxygens (including phenoxy) is 1.